The van der Waals surface area contributed by atoms with Crippen molar-refractivity contribution in [1.82, 2.24) is 9.78 Å². The maximum absolute atomic E-state index is 12.8. The Morgan fingerprint density at radius 3 is 2.69 bits per heavy atom. The lowest BCUT2D eigenvalue weighted by Gasteiger charge is -2.12. The number of hydrogen-bond donors (Lipinski definition) is 2. The Bertz CT molecular complexity index is 1080. The van der Waals surface area contributed by atoms with Crippen molar-refractivity contribution in [2.24, 2.45) is 0 Å². The first-order chi connectivity index (χ1) is 15.6. The van der Waals surface area contributed by atoms with E-state index < -0.39 is 0 Å². The molecule has 1 aliphatic carbocycles. The van der Waals surface area contributed by atoms with Crippen LogP contribution in [0.5, 0.6) is 0 Å². The minimum atomic E-state index is -0.275. The summed E-state index contributed by atoms with van der Waals surface area (Å²) in [5.41, 5.74) is 2.95. The van der Waals surface area contributed by atoms with Gasteiger partial charge in [-0.1, -0.05) is 43.2 Å². The molecule has 0 fully saturated rings. The number of thiocarbonyl (C=S) groups is 1. The summed E-state index contributed by atoms with van der Waals surface area (Å²) >= 11 is 7.16. The molecular formula is C24H28N4O2S2. The molecule has 0 aliphatic heterocycles. The highest BCUT2D eigenvalue weighted by atomic mass is 32.1. The maximum atomic E-state index is 12.8. The monoisotopic (exact) mass is 468 g/mol. The Morgan fingerprint density at radius 2 is 1.91 bits per heavy atom. The second-order valence-electron chi connectivity index (χ2n) is 7.81. The number of esters is 1. The van der Waals surface area contributed by atoms with E-state index in [2.05, 4.69) is 27.9 Å². The summed E-state index contributed by atoms with van der Waals surface area (Å²) < 4.78 is 7.24. The fourth-order valence-electron chi connectivity index (χ4n) is 3.96. The van der Waals surface area contributed by atoms with Gasteiger partial charge in [0.15, 0.2) is 10.9 Å². The molecule has 0 saturated carbocycles. The number of benzene rings is 1. The topological polar surface area (TPSA) is 68.2 Å². The van der Waals surface area contributed by atoms with Gasteiger partial charge in [0, 0.05) is 17.1 Å². The first kappa shape index (κ1) is 22.5. The molecule has 1 aromatic carbocycles. The van der Waals surface area contributed by atoms with Crippen LogP contribution in [0.3, 0.4) is 0 Å². The zero-order valence-electron chi connectivity index (χ0n) is 18.2. The molecule has 168 valence electrons. The summed E-state index contributed by atoms with van der Waals surface area (Å²) in [4.78, 5) is 14.0. The number of ether oxygens (including phenoxy) is 1. The van der Waals surface area contributed by atoms with Crippen molar-refractivity contribution in [1.29, 1.82) is 0 Å². The average molecular weight is 469 g/mol. The van der Waals surface area contributed by atoms with Crippen molar-refractivity contribution in [3.8, 4) is 0 Å². The molecule has 6 nitrogen and oxygen atoms in total. The van der Waals surface area contributed by atoms with E-state index in [1.54, 1.807) is 11.3 Å². The zero-order valence-corrected chi connectivity index (χ0v) is 19.9. The molecule has 2 heterocycles. The lowest BCUT2D eigenvalue weighted by molar-refractivity contribution is 0.0526. The number of rotatable bonds is 6. The van der Waals surface area contributed by atoms with Crippen molar-refractivity contribution in [3.05, 3.63) is 64.2 Å². The third-order valence-corrected chi connectivity index (χ3v) is 6.86. The van der Waals surface area contributed by atoms with Gasteiger partial charge in [0.05, 0.1) is 18.7 Å². The van der Waals surface area contributed by atoms with Crippen molar-refractivity contribution in [2.45, 2.75) is 52.0 Å². The predicted octanol–water partition coefficient (Wildman–Crippen LogP) is 5.64. The van der Waals surface area contributed by atoms with Gasteiger partial charge in [0.25, 0.3) is 0 Å². The molecule has 2 N–H and O–H groups in total. The number of fused-ring (bicyclic) bond motifs is 1. The fourth-order valence-corrected chi connectivity index (χ4v) is 5.52. The number of carbonyl (C=O) groups is 1. The Balaban J connectivity index is 1.48. The Kier molecular flexibility index (Phi) is 7.55. The van der Waals surface area contributed by atoms with Crippen LogP contribution in [-0.4, -0.2) is 27.5 Å². The highest BCUT2D eigenvalue weighted by Crippen LogP contribution is 2.37. The maximum Gasteiger partial charge on any atom is 0.341 e. The minimum absolute atomic E-state index is 0.275. The number of carbonyl (C=O) groups excluding carboxylic acids is 1. The van der Waals surface area contributed by atoms with Crippen LogP contribution >= 0.6 is 23.6 Å². The van der Waals surface area contributed by atoms with Gasteiger partial charge < -0.3 is 15.4 Å². The lowest BCUT2D eigenvalue weighted by atomic mass is 9.96. The number of aryl methyl sites for hydroxylation is 1. The number of aromatic nitrogens is 2. The molecule has 3 aromatic rings. The average Bonchev–Trinajstić information content (AvgIpc) is 3.32. The second-order valence-corrected chi connectivity index (χ2v) is 9.32. The molecule has 0 saturated heterocycles. The summed E-state index contributed by atoms with van der Waals surface area (Å²) in [6, 6.07) is 12.1. The summed E-state index contributed by atoms with van der Waals surface area (Å²) in [6.07, 6.45) is 8.50. The van der Waals surface area contributed by atoms with E-state index in [4.69, 9.17) is 17.0 Å². The molecule has 32 heavy (non-hydrogen) atoms. The van der Waals surface area contributed by atoms with Gasteiger partial charge in [-0.25, -0.2) is 4.79 Å². The van der Waals surface area contributed by atoms with Crippen LogP contribution in [0.15, 0.2) is 42.6 Å². The van der Waals surface area contributed by atoms with Crippen LogP contribution in [0.2, 0.25) is 0 Å². The molecule has 2 aromatic heterocycles. The largest absolute Gasteiger partial charge is 0.462 e. The quantitative estimate of drug-likeness (QED) is 0.361. The van der Waals surface area contributed by atoms with Crippen molar-refractivity contribution >= 4 is 45.5 Å². The van der Waals surface area contributed by atoms with Crippen molar-refractivity contribution < 1.29 is 9.53 Å². The molecule has 8 heteroatoms. The van der Waals surface area contributed by atoms with Crippen LogP contribution < -0.4 is 10.6 Å². The predicted molar refractivity (Wildman–Crippen MR) is 134 cm³/mol. The Labute approximate surface area is 198 Å². The summed E-state index contributed by atoms with van der Waals surface area (Å²) in [6.45, 7) is 2.87. The SMILES string of the molecule is CCOC(=O)c1c(NC(=S)Nc2ccn(Cc3ccccc3)n2)sc2c1CCCCCC2. The third-order valence-electron chi connectivity index (χ3n) is 5.45. The first-order valence-corrected chi connectivity index (χ1v) is 12.3. The van der Waals surface area contributed by atoms with E-state index in [0.29, 0.717) is 29.6 Å². The van der Waals surface area contributed by atoms with Gasteiger partial charge in [-0.05, 0) is 56.0 Å². The number of thiophene rings is 1. The van der Waals surface area contributed by atoms with E-state index in [-0.39, 0.29) is 5.97 Å². The van der Waals surface area contributed by atoms with Gasteiger partial charge in [-0.3, -0.25) is 4.68 Å². The summed E-state index contributed by atoms with van der Waals surface area (Å²) in [5.74, 6) is 0.383. The van der Waals surface area contributed by atoms with Crippen LogP contribution in [0, 0.1) is 0 Å². The zero-order chi connectivity index (χ0) is 22.3. The van der Waals surface area contributed by atoms with E-state index in [0.717, 1.165) is 36.2 Å². The summed E-state index contributed by atoms with van der Waals surface area (Å²) in [7, 11) is 0. The normalized spacial score (nSPS) is 13.5. The molecule has 4 rings (SSSR count). The number of anilines is 2. The molecule has 0 spiro atoms. The molecule has 1 aliphatic rings. The van der Waals surface area contributed by atoms with E-state index >= 15 is 0 Å². The van der Waals surface area contributed by atoms with Gasteiger partial charge in [-0.2, -0.15) is 5.10 Å². The third kappa shape index (κ3) is 5.55. The first-order valence-electron chi connectivity index (χ1n) is 11.1. The standard InChI is InChI=1S/C24H28N4O2S2/c1-2-30-23(29)21-18-12-8-3-4-9-13-19(18)32-22(21)26-24(31)25-20-14-15-28(27-20)16-17-10-6-5-7-11-17/h5-7,10-11,14-15H,2-4,8-9,12-13,16H2,1H3,(H2,25,26,27,31). The molecule has 0 bridgehead atoms. The smallest absolute Gasteiger partial charge is 0.341 e. The highest BCUT2D eigenvalue weighted by Gasteiger charge is 2.25. The van der Waals surface area contributed by atoms with E-state index in [1.807, 2.05) is 42.1 Å². The van der Waals surface area contributed by atoms with Crippen LogP contribution in [-0.2, 0) is 24.1 Å². The second kappa shape index (κ2) is 10.7. The van der Waals surface area contributed by atoms with Gasteiger partial charge >= 0.3 is 5.97 Å². The molecule has 0 amide bonds. The lowest BCUT2D eigenvalue weighted by Crippen LogP contribution is -2.21. The number of hydrogen-bond acceptors (Lipinski definition) is 5. The molecular weight excluding hydrogens is 440 g/mol. The minimum Gasteiger partial charge on any atom is -0.462 e. The number of nitrogens with one attached hydrogen (secondary N) is 2. The van der Waals surface area contributed by atoms with Crippen molar-refractivity contribution in [2.75, 3.05) is 17.2 Å². The van der Waals surface area contributed by atoms with Gasteiger partial charge in [-0.15, -0.1) is 11.3 Å². The fraction of sp³-hybridized carbons (Fsp3) is 0.375. The van der Waals surface area contributed by atoms with Crippen molar-refractivity contribution in [3.63, 3.8) is 0 Å². The van der Waals surface area contributed by atoms with Crippen LogP contribution in [0.1, 0.15) is 59.0 Å². The van der Waals surface area contributed by atoms with Crippen LogP contribution in [0.25, 0.3) is 0 Å². The summed E-state index contributed by atoms with van der Waals surface area (Å²) in [5, 5.41) is 12.1. The Morgan fingerprint density at radius 1 is 1.12 bits per heavy atom. The number of nitrogens with zero attached hydrogens (tertiary/aromatic N) is 2. The molecule has 0 atom stereocenters. The van der Waals surface area contributed by atoms with E-state index in [1.165, 1.54) is 23.3 Å². The van der Waals surface area contributed by atoms with Crippen LogP contribution in [0.4, 0.5) is 10.8 Å². The Hall–Kier alpha value is -2.71. The van der Waals surface area contributed by atoms with Gasteiger partial charge in [0.1, 0.15) is 5.00 Å². The van der Waals surface area contributed by atoms with E-state index in [9.17, 15) is 4.79 Å². The molecule has 0 radical (unpaired) electrons. The van der Waals surface area contributed by atoms with Gasteiger partial charge in [0.2, 0.25) is 0 Å². The highest BCUT2D eigenvalue weighted by molar-refractivity contribution is 7.80. The molecule has 0 unspecified atom stereocenters.